The van der Waals surface area contributed by atoms with Gasteiger partial charge in [-0.15, -0.1) is 0 Å². The number of hydrogen-bond acceptors (Lipinski definition) is 7. The van der Waals surface area contributed by atoms with Crippen LogP contribution < -0.4 is 0 Å². The predicted molar refractivity (Wildman–Crippen MR) is 75.3 cm³/mol. The lowest BCUT2D eigenvalue weighted by atomic mass is 9.99. The van der Waals surface area contributed by atoms with Gasteiger partial charge < -0.3 is 29.9 Å². The third kappa shape index (κ3) is 4.13. The number of hydrogen-bond donors (Lipinski definition) is 4. The SMILES string of the molecule is O=C(/C=C/c1ccc(F)c(F)c1)O[C@H]1[C@H](O)[C@@H](O)[C@H](O)O[C@@H]1CO. The molecule has 1 fully saturated rings. The van der Waals surface area contributed by atoms with E-state index in [0.717, 1.165) is 24.3 Å². The van der Waals surface area contributed by atoms with Crippen LogP contribution in [0.2, 0.25) is 0 Å². The van der Waals surface area contributed by atoms with Gasteiger partial charge in [-0.1, -0.05) is 6.07 Å². The van der Waals surface area contributed by atoms with Crippen LogP contribution in [-0.2, 0) is 14.3 Å². The molecule has 0 unspecified atom stereocenters. The maximum Gasteiger partial charge on any atom is 0.331 e. The maximum atomic E-state index is 13.1. The average Bonchev–Trinajstić information content (AvgIpc) is 2.56. The second kappa shape index (κ2) is 7.77. The molecule has 0 spiro atoms. The molecule has 1 aromatic rings. The minimum Gasteiger partial charge on any atom is -0.453 e. The standard InChI is InChI=1S/C15H16F2O7/c16-8-3-1-7(5-9(8)17)2-4-11(19)24-14-10(6-18)23-15(22)13(21)12(14)20/h1-5,10,12-15,18,20-22H,6H2/b4-2+/t10-,12-,13-,14-,15-/m1/s1. The molecule has 1 aliphatic rings. The predicted octanol–water partition coefficient (Wildman–Crippen LogP) is -0.679. The summed E-state index contributed by atoms with van der Waals surface area (Å²) in [5, 5.41) is 37.8. The summed E-state index contributed by atoms with van der Waals surface area (Å²) in [6.45, 7) is -0.675. The molecule has 0 saturated carbocycles. The summed E-state index contributed by atoms with van der Waals surface area (Å²) >= 11 is 0. The summed E-state index contributed by atoms with van der Waals surface area (Å²) < 4.78 is 35.6. The highest BCUT2D eigenvalue weighted by atomic mass is 19.2. The Hall–Kier alpha value is -1.91. The number of rotatable bonds is 4. The van der Waals surface area contributed by atoms with Crippen molar-refractivity contribution in [3.8, 4) is 0 Å². The van der Waals surface area contributed by atoms with Crippen molar-refractivity contribution in [3.05, 3.63) is 41.5 Å². The van der Waals surface area contributed by atoms with E-state index >= 15 is 0 Å². The fourth-order valence-electron chi connectivity index (χ4n) is 2.17. The van der Waals surface area contributed by atoms with Crippen molar-refractivity contribution in [2.24, 2.45) is 0 Å². The quantitative estimate of drug-likeness (QED) is 0.422. The first kappa shape index (κ1) is 18.4. The molecule has 1 aliphatic heterocycles. The smallest absolute Gasteiger partial charge is 0.331 e. The molecule has 1 aromatic carbocycles. The molecule has 0 aliphatic carbocycles. The van der Waals surface area contributed by atoms with Gasteiger partial charge in [-0.2, -0.15) is 0 Å². The third-order valence-electron chi connectivity index (χ3n) is 3.45. The van der Waals surface area contributed by atoms with E-state index in [9.17, 15) is 28.9 Å². The van der Waals surface area contributed by atoms with E-state index < -0.39 is 54.9 Å². The van der Waals surface area contributed by atoms with Crippen molar-refractivity contribution in [3.63, 3.8) is 0 Å². The van der Waals surface area contributed by atoms with Crippen molar-refractivity contribution in [1.82, 2.24) is 0 Å². The van der Waals surface area contributed by atoms with Crippen LogP contribution in [-0.4, -0.2) is 63.7 Å². The molecule has 1 saturated heterocycles. The van der Waals surface area contributed by atoms with Crippen molar-refractivity contribution in [2.45, 2.75) is 30.7 Å². The van der Waals surface area contributed by atoms with Crippen molar-refractivity contribution >= 4 is 12.0 Å². The summed E-state index contributed by atoms with van der Waals surface area (Å²) in [4.78, 5) is 11.8. The van der Waals surface area contributed by atoms with Gasteiger partial charge in [0.15, 0.2) is 24.0 Å². The number of benzene rings is 1. The molecule has 24 heavy (non-hydrogen) atoms. The van der Waals surface area contributed by atoms with E-state index in [-0.39, 0.29) is 5.56 Å². The average molecular weight is 346 g/mol. The number of ether oxygens (including phenoxy) is 2. The first-order valence-electron chi connectivity index (χ1n) is 6.97. The molecule has 5 atom stereocenters. The minimum absolute atomic E-state index is 0.195. The molecular formula is C15H16F2O7. The molecule has 0 amide bonds. The van der Waals surface area contributed by atoms with Gasteiger partial charge in [0.1, 0.15) is 18.3 Å². The molecule has 2 rings (SSSR count). The van der Waals surface area contributed by atoms with Gasteiger partial charge in [-0.3, -0.25) is 0 Å². The first-order valence-corrected chi connectivity index (χ1v) is 6.97. The van der Waals surface area contributed by atoms with E-state index in [2.05, 4.69) is 0 Å². The van der Waals surface area contributed by atoms with Crippen LogP contribution in [0.5, 0.6) is 0 Å². The molecule has 0 radical (unpaired) electrons. The van der Waals surface area contributed by atoms with Crippen LogP contribution in [0.3, 0.4) is 0 Å². The highest BCUT2D eigenvalue weighted by Crippen LogP contribution is 2.22. The van der Waals surface area contributed by atoms with E-state index in [1.54, 1.807) is 0 Å². The number of esters is 1. The Morgan fingerprint density at radius 3 is 2.54 bits per heavy atom. The van der Waals surface area contributed by atoms with Crippen molar-refractivity contribution in [1.29, 1.82) is 0 Å². The molecule has 0 aromatic heterocycles. The fraction of sp³-hybridized carbons (Fsp3) is 0.400. The largest absolute Gasteiger partial charge is 0.453 e. The maximum absolute atomic E-state index is 13.1. The van der Waals surface area contributed by atoms with E-state index in [0.29, 0.717) is 0 Å². The highest BCUT2D eigenvalue weighted by molar-refractivity contribution is 5.87. The van der Waals surface area contributed by atoms with Gasteiger partial charge in [-0.05, 0) is 23.8 Å². The lowest BCUT2D eigenvalue weighted by Gasteiger charge is -2.39. The molecule has 4 N–H and O–H groups in total. The van der Waals surface area contributed by atoms with Crippen LogP contribution in [0.25, 0.3) is 6.08 Å². The third-order valence-corrected chi connectivity index (χ3v) is 3.45. The van der Waals surface area contributed by atoms with E-state index in [1.807, 2.05) is 0 Å². The van der Waals surface area contributed by atoms with E-state index in [4.69, 9.17) is 14.6 Å². The Kier molecular flexibility index (Phi) is 5.97. The Balaban J connectivity index is 2.04. The molecule has 0 bridgehead atoms. The number of carbonyl (C=O) groups excluding carboxylic acids is 1. The van der Waals surface area contributed by atoms with Crippen molar-refractivity contribution in [2.75, 3.05) is 6.61 Å². The Labute approximate surface area is 135 Å². The monoisotopic (exact) mass is 346 g/mol. The van der Waals surface area contributed by atoms with Crippen LogP contribution in [0, 0.1) is 11.6 Å². The number of aliphatic hydroxyl groups is 4. The second-order valence-electron chi connectivity index (χ2n) is 5.14. The van der Waals surface area contributed by atoms with Gasteiger partial charge in [-0.25, -0.2) is 13.6 Å². The Morgan fingerprint density at radius 1 is 1.21 bits per heavy atom. The van der Waals surface area contributed by atoms with Gasteiger partial charge >= 0.3 is 5.97 Å². The lowest BCUT2D eigenvalue weighted by molar-refractivity contribution is -0.289. The molecule has 9 heteroatoms. The molecule has 132 valence electrons. The second-order valence-corrected chi connectivity index (χ2v) is 5.14. The first-order chi connectivity index (χ1) is 11.3. The normalized spacial score (nSPS) is 30.5. The zero-order valence-electron chi connectivity index (χ0n) is 12.3. The number of aliphatic hydroxyl groups excluding tert-OH is 4. The zero-order valence-corrected chi connectivity index (χ0v) is 12.3. The van der Waals surface area contributed by atoms with Crippen LogP contribution in [0.4, 0.5) is 8.78 Å². The Bertz CT molecular complexity index is 620. The van der Waals surface area contributed by atoms with Crippen LogP contribution in [0.15, 0.2) is 24.3 Å². The van der Waals surface area contributed by atoms with Gasteiger partial charge in [0, 0.05) is 6.08 Å². The molecule has 7 nitrogen and oxygen atoms in total. The lowest BCUT2D eigenvalue weighted by Crippen LogP contribution is -2.59. The van der Waals surface area contributed by atoms with Gasteiger partial charge in [0.25, 0.3) is 0 Å². The van der Waals surface area contributed by atoms with Crippen molar-refractivity contribution < 1.29 is 43.5 Å². The topological polar surface area (TPSA) is 116 Å². The highest BCUT2D eigenvalue weighted by Gasteiger charge is 2.45. The van der Waals surface area contributed by atoms with E-state index in [1.165, 1.54) is 6.07 Å². The molecule has 1 heterocycles. The van der Waals surface area contributed by atoms with Crippen LogP contribution >= 0.6 is 0 Å². The summed E-state index contributed by atoms with van der Waals surface area (Å²) in [6.07, 6.45) is -5.74. The summed E-state index contributed by atoms with van der Waals surface area (Å²) in [7, 11) is 0. The summed E-state index contributed by atoms with van der Waals surface area (Å²) in [5.74, 6) is -3.09. The zero-order chi connectivity index (χ0) is 17.9. The Morgan fingerprint density at radius 2 is 1.92 bits per heavy atom. The summed E-state index contributed by atoms with van der Waals surface area (Å²) in [5.41, 5.74) is 0.195. The van der Waals surface area contributed by atoms with Gasteiger partial charge in [0.2, 0.25) is 0 Å². The number of halogens is 2. The fourth-order valence-corrected chi connectivity index (χ4v) is 2.17. The number of carbonyl (C=O) groups is 1. The van der Waals surface area contributed by atoms with Gasteiger partial charge in [0.05, 0.1) is 6.61 Å². The molecular weight excluding hydrogens is 330 g/mol. The summed E-state index contributed by atoms with van der Waals surface area (Å²) in [6, 6.07) is 2.99. The van der Waals surface area contributed by atoms with Crippen LogP contribution in [0.1, 0.15) is 5.56 Å². The minimum atomic E-state index is -1.73.